The van der Waals surface area contributed by atoms with E-state index in [-0.39, 0.29) is 18.7 Å². The third-order valence-electron chi connectivity index (χ3n) is 10.1. The minimum Gasteiger partial charge on any atom is -0.493 e. The van der Waals surface area contributed by atoms with E-state index in [1.54, 1.807) is 14.2 Å². The zero-order valence-corrected chi connectivity index (χ0v) is 27.0. The lowest BCUT2D eigenvalue weighted by molar-refractivity contribution is 0.0404. The predicted octanol–water partition coefficient (Wildman–Crippen LogP) is 5.97. The van der Waals surface area contributed by atoms with Gasteiger partial charge in [-0.3, -0.25) is 9.80 Å². The van der Waals surface area contributed by atoms with Crippen molar-refractivity contribution in [2.45, 2.75) is 43.9 Å². The maximum Gasteiger partial charge on any atom is 0.212 e. The van der Waals surface area contributed by atoms with Gasteiger partial charge in [-0.15, -0.1) is 0 Å². The van der Waals surface area contributed by atoms with Crippen LogP contribution in [-0.2, 0) is 25.7 Å². The summed E-state index contributed by atoms with van der Waals surface area (Å²) >= 11 is 0. The number of benzene rings is 4. The Hall–Kier alpha value is -4.28. The van der Waals surface area contributed by atoms with E-state index in [1.165, 1.54) is 11.1 Å². The molecule has 0 spiro atoms. The van der Waals surface area contributed by atoms with Crippen LogP contribution < -0.4 is 23.7 Å². The summed E-state index contributed by atoms with van der Waals surface area (Å²) in [5.74, 6) is 5.31. The Morgan fingerprint density at radius 1 is 0.766 bits per heavy atom. The highest BCUT2D eigenvalue weighted by Gasteiger charge is 2.38. The van der Waals surface area contributed by atoms with Crippen LogP contribution in [0.3, 0.4) is 0 Å². The third-order valence-corrected chi connectivity index (χ3v) is 10.1. The van der Waals surface area contributed by atoms with Gasteiger partial charge in [-0.05, 0) is 103 Å². The molecule has 0 aliphatic carbocycles. The fraction of sp³-hybridized carbons (Fsp3) is 0.368. The average molecular weight is 637 g/mol. The van der Waals surface area contributed by atoms with E-state index in [2.05, 4.69) is 59.3 Å². The Morgan fingerprint density at radius 2 is 1.49 bits per heavy atom. The normalized spacial score (nSPS) is 20.4. The zero-order valence-electron chi connectivity index (χ0n) is 27.0. The van der Waals surface area contributed by atoms with Crippen LogP contribution in [0.5, 0.6) is 46.0 Å². The molecule has 3 atom stereocenters. The van der Waals surface area contributed by atoms with Crippen molar-refractivity contribution in [3.8, 4) is 46.0 Å². The van der Waals surface area contributed by atoms with Gasteiger partial charge in [-0.2, -0.15) is 0 Å². The van der Waals surface area contributed by atoms with Gasteiger partial charge in [0.05, 0.1) is 26.9 Å². The van der Waals surface area contributed by atoms with E-state index >= 15 is 0 Å². The highest BCUT2D eigenvalue weighted by molar-refractivity contribution is 5.67. The number of hydrogen-bond acceptors (Lipinski definition) is 9. The van der Waals surface area contributed by atoms with Crippen LogP contribution in [0.25, 0.3) is 0 Å². The molecule has 47 heavy (non-hydrogen) atoms. The number of aliphatic hydroxyl groups is 2. The molecule has 9 heteroatoms. The highest BCUT2D eigenvalue weighted by atomic mass is 16.6. The van der Waals surface area contributed by atoms with Crippen LogP contribution in [0.2, 0.25) is 0 Å². The number of methoxy groups -OCH3 is 2. The number of hydrogen-bond donors (Lipinski definition) is 2. The number of likely N-dealkylation sites (N-methyl/N-ethyl adjacent to an activating group) is 1. The molecule has 0 saturated heterocycles. The molecule has 244 valence electrons. The molecule has 0 fully saturated rings. The van der Waals surface area contributed by atoms with Gasteiger partial charge in [-0.1, -0.05) is 18.2 Å². The summed E-state index contributed by atoms with van der Waals surface area (Å²) in [6, 6.07) is 20.7. The van der Waals surface area contributed by atoms with Crippen molar-refractivity contribution in [2.75, 3.05) is 47.5 Å². The van der Waals surface area contributed by atoms with Gasteiger partial charge in [0, 0.05) is 37.3 Å². The lowest BCUT2D eigenvalue weighted by Crippen LogP contribution is -2.42. The van der Waals surface area contributed by atoms with Gasteiger partial charge in [0.25, 0.3) is 0 Å². The molecule has 9 nitrogen and oxygen atoms in total. The maximum atomic E-state index is 10.6. The van der Waals surface area contributed by atoms with Crippen molar-refractivity contribution < 1.29 is 33.9 Å². The Labute approximate surface area is 274 Å². The molecular formula is C38H40N2O7. The van der Waals surface area contributed by atoms with Crippen molar-refractivity contribution in [2.24, 2.45) is 0 Å². The minimum absolute atomic E-state index is 0.121. The molecule has 9 rings (SSSR count). The van der Waals surface area contributed by atoms with Gasteiger partial charge in [0.2, 0.25) is 5.75 Å². The zero-order chi connectivity index (χ0) is 32.2. The number of ether oxygens (including phenoxy) is 5. The van der Waals surface area contributed by atoms with E-state index in [9.17, 15) is 10.2 Å². The summed E-state index contributed by atoms with van der Waals surface area (Å²) in [7, 11) is 5.50. The Balaban J connectivity index is 1.32. The fourth-order valence-electron chi connectivity index (χ4n) is 7.66. The molecular weight excluding hydrogens is 596 g/mol. The molecule has 2 N–H and O–H groups in total. The molecule has 0 radical (unpaired) electrons. The van der Waals surface area contributed by atoms with E-state index in [0.717, 1.165) is 53.8 Å². The largest absolute Gasteiger partial charge is 0.493 e. The quantitative estimate of drug-likeness (QED) is 0.242. The summed E-state index contributed by atoms with van der Waals surface area (Å²) < 4.78 is 31.6. The molecule has 7 bridgehead atoms. The van der Waals surface area contributed by atoms with Crippen LogP contribution in [0.4, 0.5) is 0 Å². The van der Waals surface area contributed by atoms with Gasteiger partial charge in [-0.25, -0.2) is 0 Å². The average Bonchev–Trinajstić information content (AvgIpc) is 3.09. The summed E-state index contributed by atoms with van der Waals surface area (Å²) in [6.45, 7) is 1.67. The van der Waals surface area contributed by atoms with Gasteiger partial charge in [0.15, 0.2) is 34.5 Å². The molecule has 0 aromatic heterocycles. The minimum atomic E-state index is -0.862. The third kappa shape index (κ3) is 5.37. The molecule has 3 unspecified atom stereocenters. The molecule has 0 amide bonds. The van der Waals surface area contributed by atoms with Crippen LogP contribution in [0.1, 0.15) is 45.5 Å². The fourth-order valence-corrected chi connectivity index (χ4v) is 7.66. The molecule has 5 aliphatic heterocycles. The number of β-amino-alcohol motifs (C(OH)–C–C–N with tert-alkyl or cyclic N) is 1. The first-order valence-electron chi connectivity index (χ1n) is 16.4. The summed E-state index contributed by atoms with van der Waals surface area (Å²) in [6.07, 6.45) is 2.22. The van der Waals surface area contributed by atoms with E-state index in [0.29, 0.717) is 59.8 Å². The molecule has 0 saturated carbocycles. The van der Waals surface area contributed by atoms with Gasteiger partial charge < -0.3 is 33.9 Å². The smallest absolute Gasteiger partial charge is 0.212 e. The highest BCUT2D eigenvalue weighted by Crippen LogP contribution is 2.57. The predicted molar refractivity (Wildman–Crippen MR) is 177 cm³/mol. The summed E-state index contributed by atoms with van der Waals surface area (Å²) in [5.41, 5.74) is 6.87. The summed E-state index contributed by atoms with van der Waals surface area (Å²) in [5, 5.41) is 20.3. The topological polar surface area (TPSA) is 93.1 Å². The van der Waals surface area contributed by atoms with Crippen molar-refractivity contribution >= 4 is 0 Å². The number of nitrogens with zero attached hydrogens (tertiary/aromatic N) is 2. The van der Waals surface area contributed by atoms with E-state index < -0.39 is 6.10 Å². The monoisotopic (exact) mass is 636 g/mol. The molecule has 5 heterocycles. The van der Waals surface area contributed by atoms with Crippen molar-refractivity contribution in [1.29, 1.82) is 0 Å². The first-order valence-corrected chi connectivity index (χ1v) is 16.4. The van der Waals surface area contributed by atoms with Crippen molar-refractivity contribution in [3.05, 3.63) is 94.0 Å². The Morgan fingerprint density at radius 3 is 2.28 bits per heavy atom. The van der Waals surface area contributed by atoms with Gasteiger partial charge in [0.1, 0.15) is 5.75 Å². The van der Waals surface area contributed by atoms with Crippen molar-refractivity contribution in [1.82, 2.24) is 9.80 Å². The molecule has 4 aromatic rings. The van der Waals surface area contributed by atoms with Crippen LogP contribution in [0, 0.1) is 0 Å². The second kappa shape index (κ2) is 12.1. The molecule has 5 aliphatic rings. The first-order chi connectivity index (χ1) is 22.9. The number of rotatable bonds is 5. The van der Waals surface area contributed by atoms with Crippen molar-refractivity contribution in [3.63, 3.8) is 0 Å². The van der Waals surface area contributed by atoms with Crippen LogP contribution >= 0.6 is 0 Å². The Kier molecular flexibility index (Phi) is 7.72. The SMILES string of the molecule is COc1ccc2cc1Oc1ccc(cc1)CC1c3c(cc(OC)c4c3Oc3cc5c(cc3O4)CCN(C)C5C2)CCN1CC(O)CO. The maximum absolute atomic E-state index is 10.6. The van der Waals surface area contributed by atoms with Crippen LogP contribution in [0.15, 0.2) is 60.7 Å². The lowest BCUT2D eigenvalue weighted by Gasteiger charge is -2.41. The van der Waals surface area contributed by atoms with Gasteiger partial charge >= 0.3 is 0 Å². The van der Waals surface area contributed by atoms with Crippen LogP contribution in [-0.4, -0.2) is 73.6 Å². The standard InChI is InChI=1S/C38H40N2O7/c1-39-12-10-24-17-33-34-19-28(24)29(39)15-23-6-9-31(43-2)32(16-23)45-27-7-4-22(5-8-27)14-30-36-25(11-13-40(30)20-26(42)21-41)18-35(44-3)37(46-33)38(36)47-34/h4-9,16-19,26,29-30,41-42H,10-15,20-21H2,1-3H3. The van der Waals surface area contributed by atoms with E-state index in [4.69, 9.17) is 23.7 Å². The second-order valence-electron chi connectivity index (χ2n) is 13.0. The summed E-state index contributed by atoms with van der Waals surface area (Å²) in [4.78, 5) is 4.64. The Bertz CT molecular complexity index is 1820. The van der Waals surface area contributed by atoms with E-state index in [1.807, 2.05) is 18.2 Å². The molecule has 4 aromatic carbocycles. The first kappa shape index (κ1) is 30.1. The lowest BCUT2D eigenvalue weighted by atomic mass is 9.86. The number of fused-ring (bicyclic) bond motifs is 2. The number of aliphatic hydroxyl groups excluding tert-OH is 2. The second-order valence-corrected chi connectivity index (χ2v) is 13.0.